The third-order valence-electron chi connectivity index (χ3n) is 5.43. The zero-order valence-corrected chi connectivity index (χ0v) is 17.9. The normalized spacial score (nSPS) is 14.1. The Hall–Kier alpha value is -4.20. The van der Waals surface area contributed by atoms with Crippen LogP contribution in [0.3, 0.4) is 0 Å². The summed E-state index contributed by atoms with van der Waals surface area (Å²) in [5, 5.41) is 13.6. The lowest BCUT2D eigenvalue weighted by atomic mass is 10.1. The zero-order chi connectivity index (χ0) is 23.2. The number of furan rings is 1. The van der Waals surface area contributed by atoms with Crippen LogP contribution >= 0.6 is 0 Å². The fourth-order valence-electron chi connectivity index (χ4n) is 3.68. The molecule has 1 aliphatic heterocycles. The Morgan fingerprint density at radius 1 is 0.939 bits per heavy atom. The van der Waals surface area contributed by atoms with Gasteiger partial charge in [0.05, 0.1) is 4.92 Å². The zero-order valence-electron chi connectivity index (χ0n) is 17.9. The van der Waals surface area contributed by atoms with Crippen LogP contribution in [0.1, 0.15) is 35.4 Å². The number of carbonyl (C=O) groups excluding carboxylic acids is 2. The SMILES string of the molecule is O=C(N/C(=C\c1ccc(-c2ccc([N+](=O)[O-])cc2)o1)C(=O)N1CCCCC1)c1ccccc1. The van der Waals surface area contributed by atoms with Gasteiger partial charge in [0.25, 0.3) is 17.5 Å². The predicted octanol–water partition coefficient (Wildman–Crippen LogP) is 4.64. The quantitative estimate of drug-likeness (QED) is 0.338. The fourth-order valence-corrected chi connectivity index (χ4v) is 3.68. The van der Waals surface area contributed by atoms with Gasteiger partial charge in [-0.2, -0.15) is 0 Å². The topological polar surface area (TPSA) is 106 Å². The van der Waals surface area contributed by atoms with Crippen molar-refractivity contribution in [3.05, 3.63) is 93.9 Å². The summed E-state index contributed by atoms with van der Waals surface area (Å²) in [5.74, 6) is 0.244. The van der Waals surface area contributed by atoms with Crippen LogP contribution in [0.5, 0.6) is 0 Å². The van der Waals surface area contributed by atoms with Crippen LogP contribution in [-0.4, -0.2) is 34.7 Å². The minimum atomic E-state index is -0.464. The van der Waals surface area contributed by atoms with Crippen molar-refractivity contribution in [2.75, 3.05) is 13.1 Å². The van der Waals surface area contributed by atoms with Crippen molar-refractivity contribution >= 4 is 23.6 Å². The molecule has 0 spiro atoms. The molecule has 1 aliphatic rings. The lowest BCUT2D eigenvalue weighted by Gasteiger charge is -2.27. The minimum absolute atomic E-state index is 0.0107. The Balaban J connectivity index is 1.60. The maximum Gasteiger partial charge on any atom is 0.270 e. The number of nitro benzene ring substituents is 1. The second-order valence-electron chi connectivity index (χ2n) is 7.74. The summed E-state index contributed by atoms with van der Waals surface area (Å²) in [7, 11) is 0. The highest BCUT2D eigenvalue weighted by molar-refractivity contribution is 6.05. The fraction of sp³-hybridized carbons (Fsp3) is 0.200. The van der Waals surface area contributed by atoms with E-state index < -0.39 is 4.92 Å². The van der Waals surface area contributed by atoms with Gasteiger partial charge in [-0.05, 0) is 55.7 Å². The van der Waals surface area contributed by atoms with E-state index >= 15 is 0 Å². The maximum absolute atomic E-state index is 13.2. The third-order valence-corrected chi connectivity index (χ3v) is 5.43. The van der Waals surface area contributed by atoms with E-state index in [0.717, 1.165) is 19.3 Å². The Morgan fingerprint density at radius 3 is 2.30 bits per heavy atom. The average Bonchev–Trinajstić information content (AvgIpc) is 3.33. The van der Waals surface area contributed by atoms with Gasteiger partial charge >= 0.3 is 0 Å². The Bertz CT molecular complexity index is 1180. The first kappa shape index (κ1) is 22.0. The number of nitrogens with one attached hydrogen (secondary N) is 1. The summed E-state index contributed by atoms with van der Waals surface area (Å²) < 4.78 is 5.86. The first-order valence-electron chi connectivity index (χ1n) is 10.7. The number of nitrogens with zero attached hydrogens (tertiary/aromatic N) is 2. The van der Waals surface area contributed by atoms with Gasteiger partial charge in [0.1, 0.15) is 17.2 Å². The molecule has 0 bridgehead atoms. The molecule has 0 aliphatic carbocycles. The Kier molecular flexibility index (Phi) is 6.64. The number of benzene rings is 2. The lowest BCUT2D eigenvalue weighted by molar-refractivity contribution is -0.384. The van der Waals surface area contributed by atoms with Crippen molar-refractivity contribution in [1.82, 2.24) is 10.2 Å². The summed E-state index contributed by atoms with van der Waals surface area (Å²) >= 11 is 0. The van der Waals surface area contributed by atoms with E-state index in [1.54, 1.807) is 53.4 Å². The molecule has 0 atom stereocenters. The van der Waals surface area contributed by atoms with Gasteiger partial charge in [-0.25, -0.2) is 0 Å². The number of piperidine rings is 1. The van der Waals surface area contributed by atoms with Gasteiger partial charge in [0.15, 0.2) is 0 Å². The highest BCUT2D eigenvalue weighted by Crippen LogP contribution is 2.25. The Labute approximate surface area is 190 Å². The molecule has 4 rings (SSSR count). The largest absolute Gasteiger partial charge is 0.457 e. The van der Waals surface area contributed by atoms with Crippen molar-refractivity contribution in [2.24, 2.45) is 0 Å². The van der Waals surface area contributed by atoms with Gasteiger partial charge in [-0.15, -0.1) is 0 Å². The number of hydrogen-bond acceptors (Lipinski definition) is 5. The number of nitro groups is 1. The lowest BCUT2D eigenvalue weighted by Crippen LogP contribution is -2.41. The highest BCUT2D eigenvalue weighted by atomic mass is 16.6. The molecule has 0 saturated carbocycles. The van der Waals surface area contributed by atoms with Crippen molar-refractivity contribution in [3.8, 4) is 11.3 Å². The molecular formula is C25H23N3O5. The molecular weight excluding hydrogens is 422 g/mol. The molecule has 2 amide bonds. The number of likely N-dealkylation sites (tertiary alicyclic amines) is 1. The molecule has 8 nitrogen and oxygen atoms in total. The monoisotopic (exact) mass is 445 g/mol. The molecule has 2 aromatic carbocycles. The van der Waals surface area contributed by atoms with Crippen LogP contribution in [0, 0.1) is 10.1 Å². The highest BCUT2D eigenvalue weighted by Gasteiger charge is 2.23. The molecule has 1 saturated heterocycles. The maximum atomic E-state index is 13.2. The Morgan fingerprint density at radius 2 is 1.64 bits per heavy atom. The van der Waals surface area contributed by atoms with Gasteiger partial charge in [-0.3, -0.25) is 19.7 Å². The first-order valence-corrected chi connectivity index (χ1v) is 10.7. The van der Waals surface area contributed by atoms with Crippen molar-refractivity contribution in [3.63, 3.8) is 0 Å². The molecule has 2 heterocycles. The standard InChI is InChI=1S/C25H23N3O5/c29-24(19-7-3-1-4-8-19)26-22(25(30)27-15-5-2-6-16-27)17-21-13-14-23(33-21)18-9-11-20(12-10-18)28(31)32/h1,3-4,7-14,17H,2,5-6,15-16H2,(H,26,29)/b22-17-. The molecule has 33 heavy (non-hydrogen) atoms. The number of hydrogen-bond donors (Lipinski definition) is 1. The molecule has 168 valence electrons. The second-order valence-corrected chi connectivity index (χ2v) is 7.74. The molecule has 1 fully saturated rings. The number of non-ortho nitro benzene ring substituents is 1. The summed E-state index contributed by atoms with van der Waals surface area (Å²) in [6.07, 6.45) is 4.45. The molecule has 3 aromatic rings. The summed E-state index contributed by atoms with van der Waals surface area (Å²) in [6.45, 7) is 1.28. The summed E-state index contributed by atoms with van der Waals surface area (Å²) in [6, 6.07) is 18.1. The van der Waals surface area contributed by atoms with Gasteiger partial charge in [-0.1, -0.05) is 18.2 Å². The molecule has 1 aromatic heterocycles. The minimum Gasteiger partial charge on any atom is -0.457 e. The van der Waals surface area contributed by atoms with Crippen molar-refractivity contribution in [2.45, 2.75) is 19.3 Å². The van der Waals surface area contributed by atoms with Crippen LogP contribution < -0.4 is 5.32 Å². The van der Waals surface area contributed by atoms with Crippen LogP contribution in [0.25, 0.3) is 17.4 Å². The smallest absolute Gasteiger partial charge is 0.270 e. The second kappa shape index (κ2) is 9.95. The third kappa shape index (κ3) is 5.35. The van der Waals surface area contributed by atoms with E-state index in [9.17, 15) is 19.7 Å². The molecule has 0 radical (unpaired) electrons. The summed E-state index contributed by atoms with van der Waals surface area (Å²) in [4.78, 5) is 38.1. The van der Waals surface area contributed by atoms with Gasteiger partial charge < -0.3 is 14.6 Å². The van der Waals surface area contributed by atoms with Crippen LogP contribution in [0.2, 0.25) is 0 Å². The van der Waals surface area contributed by atoms with Crippen molar-refractivity contribution in [1.29, 1.82) is 0 Å². The van der Waals surface area contributed by atoms with Crippen LogP contribution in [0.15, 0.2) is 76.8 Å². The van der Waals surface area contributed by atoms with Crippen LogP contribution in [-0.2, 0) is 4.79 Å². The molecule has 0 unspecified atom stereocenters. The molecule has 8 heteroatoms. The van der Waals surface area contributed by atoms with E-state index in [-0.39, 0.29) is 23.2 Å². The van der Waals surface area contributed by atoms with E-state index in [1.165, 1.54) is 18.2 Å². The number of carbonyl (C=O) groups is 2. The number of rotatable bonds is 6. The predicted molar refractivity (Wildman–Crippen MR) is 123 cm³/mol. The average molecular weight is 445 g/mol. The van der Waals surface area contributed by atoms with E-state index in [1.807, 2.05) is 6.07 Å². The number of amides is 2. The van der Waals surface area contributed by atoms with Crippen molar-refractivity contribution < 1.29 is 18.9 Å². The first-order chi connectivity index (χ1) is 16.0. The van der Waals surface area contributed by atoms with Gasteiger partial charge in [0, 0.05) is 42.4 Å². The molecule has 1 N–H and O–H groups in total. The van der Waals surface area contributed by atoms with E-state index in [2.05, 4.69) is 5.32 Å². The summed E-state index contributed by atoms with van der Waals surface area (Å²) in [5.41, 5.74) is 1.23. The van der Waals surface area contributed by atoms with E-state index in [4.69, 9.17) is 4.42 Å². The van der Waals surface area contributed by atoms with Crippen LogP contribution in [0.4, 0.5) is 5.69 Å². The van der Waals surface area contributed by atoms with E-state index in [0.29, 0.717) is 35.7 Å². The van der Waals surface area contributed by atoms with Gasteiger partial charge in [0.2, 0.25) is 0 Å².